The van der Waals surface area contributed by atoms with E-state index in [0.717, 1.165) is 29.6 Å². The third kappa shape index (κ3) is 2.57. The average Bonchev–Trinajstić information content (AvgIpc) is 2.50. The van der Waals surface area contributed by atoms with Gasteiger partial charge in [0.15, 0.2) is 0 Å². The fourth-order valence-electron chi connectivity index (χ4n) is 2.19. The van der Waals surface area contributed by atoms with E-state index in [-0.39, 0.29) is 5.91 Å². The van der Waals surface area contributed by atoms with Gasteiger partial charge in [0.1, 0.15) is 0 Å². The Morgan fingerprint density at radius 2 is 2.06 bits per heavy atom. The van der Waals surface area contributed by atoms with Crippen molar-refractivity contribution in [1.82, 2.24) is 4.57 Å². The van der Waals surface area contributed by atoms with Gasteiger partial charge in [-0.3, -0.25) is 4.79 Å². The van der Waals surface area contributed by atoms with E-state index >= 15 is 0 Å². The first-order valence-corrected chi connectivity index (χ1v) is 6.93. The van der Waals surface area contributed by atoms with Gasteiger partial charge < -0.3 is 10.3 Å². The summed E-state index contributed by atoms with van der Waals surface area (Å²) in [6, 6.07) is 0. The Bertz CT molecular complexity index is 424. The number of halogens is 1. The molecule has 1 rings (SSSR count). The molecule has 0 spiro atoms. The van der Waals surface area contributed by atoms with Gasteiger partial charge in [-0.15, -0.1) is 0 Å². The smallest absolute Gasteiger partial charge is 0.251 e. The van der Waals surface area contributed by atoms with Crippen LogP contribution in [-0.4, -0.2) is 10.5 Å². The molecule has 17 heavy (non-hydrogen) atoms. The van der Waals surface area contributed by atoms with Crippen LogP contribution in [0.3, 0.4) is 0 Å². The predicted octanol–water partition coefficient (Wildman–Crippen LogP) is 3.58. The van der Waals surface area contributed by atoms with Gasteiger partial charge in [0, 0.05) is 17.9 Å². The number of carbonyl (C=O) groups excluding carboxylic acids is 1. The Morgan fingerprint density at radius 1 is 1.47 bits per heavy atom. The monoisotopic (exact) mass is 300 g/mol. The molecule has 0 radical (unpaired) electrons. The first kappa shape index (κ1) is 14.3. The van der Waals surface area contributed by atoms with Gasteiger partial charge in [-0.1, -0.05) is 20.8 Å². The SMILES string of the molecule is CCCn1c(C)c(C(N)=O)c(Br)c1C(C)CC. The number of primary amides is 1. The molecular formula is C13H21BrN2O. The Labute approximate surface area is 112 Å². The molecule has 3 nitrogen and oxygen atoms in total. The quantitative estimate of drug-likeness (QED) is 0.887. The van der Waals surface area contributed by atoms with Gasteiger partial charge in [-0.2, -0.15) is 0 Å². The van der Waals surface area contributed by atoms with Crippen molar-refractivity contribution < 1.29 is 4.79 Å². The Morgan fingerprint density at radius 3 is 2.47 bits per heavy atom. The number of nitrogens with two attached hydrogens (primary N) is 1. The number of nitrogens with zero attached hydrogens (tertiary/aromatic N) is 1. The Hall–Kier alpha value is -0.770. The number of hydrogen-bond donors (Lipinski definition) is 1. The molecule has 1 heterocycles. The van der Waals surface area contributed by atoms with Crippen LogP contribution in [-0.2, 0) is 6.54 Å². The molecule has 2 N–H and O–H groups in total. The molecular weight excluding hydrogens is 280 g/mol. The maximum Gasteiger partial charge on any atom is 0.251 e. The van der Waals surface area contributed by atoms with Crippen LogP contribution in [0.25, 0.3) is 0 Å². The minimum atomic E-state index is -0.353. The first-order valence-electron chi connectivity index (χ1n) is 6.13. The van der Waals surface area contributed by atoms with E-state index in [9.17, 15) is 4.79 Å². The van der Waals surface area contributed by atoms with Crippen molar-refractivity contribution >= 4 is 21.8 Å². The number of carbonyl (C=O) groups is 1. The second-order valence-electron chi connectivity index (χ2n) is 4.48. The standard InChI is InChI=1S/C13H21BrN2O/c1-5-7-16-9(4)10(13(15)17)11(14)12(16)8(3)6-2/h8H,5-7H2,1-4H3,(H2,15,17). The summed E-state index contributed by atoms with van der Waals surface area (Å²) in [5, 5.41) is 0. The lowest BCUT2D eigenvalue weighted by Crippen LogP contribution is -2.13. The summed E-state index contributed by atoms with van der Waals surface area (Å²) in [4.78, 5) is 11.5. The summed E-state index contributed by atoms with van der Waals surface area (Å²) < 4.78 is 3.10. The first-order chi connectivity index (χ1) is 7.95. The lowest BCUT2D eigenvalue weighted by atomic mass is 10.0. The topological polar surface area (TPSA) is 48.0 Å². The summed E-state index contributed by atoms with van der Waals surface area (Å²) in [6.45, 7) is 9.36. The van der Waals surface area contributed by atoms with Crippen molar-refractivity contribution in [1.29, 1.82) is 0 Å². The predicted molar refractivity (Wildman–Crippen MR) is 74.4 cm³/mol. The molecule has 1 unspecified atom stereocenters. The zero-order valence-corrected chi connectivity index (χ0v) is 12.6. The molecule has 0 fully saturated rings. The highest BCUT2D eigenvalue weighted by molar-refractivity contribution is 9.10. The third-order valence-corrected chi connectivity index (χ3v) is 4.08. The normalized spacial score (nSPS) is 12.8. The Kier molecular flexibility index (Phi) is 4.80. The maximum absolute atomic E-state index is 11.5. The Balaban J connectivity index is 3.44. The summed E-state index contributed by atoms with van der Waals surface area (Å²) in [6.07, 6.45) is 2.09. The average molecular weight is 301 g/mol. The third-order valence-electron chi connectivity index (χ3n) is 3.27. The lowest BCUT2D eigenvalue weighted by Gasteiger charge is -2.15. The van der Waals surface area contributed by atoms with Crippen molar-refractivity contribution in [3.63, 3.8) is 0 Å². The summed E-state index contributed by atoms with van der Waals surface area (Å²) >= 11 is 3.54. The molecule has 0 aliphatic carbocycles. The number of amides is 1. The molecule has 0 aliphatic heterocycles. The number of hydrogen-bond acceptors (Lipinski definition) is 1. The molecule has 1 atom stereocenters. The van der Waals surface area contributed by atoms with Crippen LogP contribution in [0.4, 0.5) is 0 Å². The molecule has 0 saturated heterocycles. The van der Waals surface area contributed by atoms with Crippen molar-refractivity contribution in [3.8, 4) is 0 Å². The van der Waals surface area contributed by atoms with Gasteiger partial charge in [0.2, 0.25) is 0 Å². The highest BCUT2D eigenvalue weighted by Gasteiger charge is 2.24. The maximum atomic E-state index is 11.5. The van der Waals surface area contributed by atoms with Crippen LogP contribution >= 0.6 is 15.9 Å². The van der Waals surface area contributed by atoms with E-state index in [1.54, 1.807) is 0 Å². The molecule has 0 bridgehead atoms. The molecule has 1 aromatic rings. The van der Waals surface area contributed by atoms with E-state index in [1.165, 1.54) is 5.69 Å². The molecule has 1 amide bonds. The van der Waals surface area contributed by atoms with Crippen molar-refractivity contribution in [2.24, 2.45) is 5.73 Å². The molecule has 0 saturated carbocycles. The van der Waals surface area contributed by atoms with Crippen LogP contribution in [0.5, 0.6) is 0 Å². The van der Waals surface area contributed by atoms with Crippen LogP contribution in [0.2, 0.25) is 0 Å². The van der Waals surface area contributed by atoms with E-state index < -0.39 is 0 Å². The zero-order chi connectivity index (χ0) is 13.2. The zero-order valence-electron chi connectivity index (χ0n) is 11.0. The van der Waals surface area contributed by atoms with Crippen LogP contribution in [0.15, 0.2) is 4.47 Å². The van der Waals surface area contributed by atoms with Gasteiger partial charge in [-0.25, -0.2) is 0 Å². The van der Waals surface area contributed by atoms with Crippen molar-refractivity contribution in [3.05, 3.63) is 21.4 Å². The van der Waals surface area contributed by atoms with Gasteiger partial charge in [0.05, 0.1) is 10.0 Å². The molecule has 4 heteroatoms. The number of aromatic nitrogens is 1. The second kappa shape index (κ2) is 5.71. The minimum Gasteiger partial charge on any atom is -0.366 e. The fourth-order valence-corrected chi connectivity index (χ4v) is 3.28. The fraction of sp³-hybridized carbons (Fsp3) is 0.615. The number of rotatable bonds is 5. The minimum absolute atomic E-state index is 0.353. The summed E-state index contributed by atoms with van der Waals surface area (Å²) in [7, 11) is 0. The molecule has 0 aromatic carbocycles. The second-order valence-corrected chi connectivity index (χ2v) is 5.28. The highest BCUT2D eigenvalue weighted by Crippen LogP contribution is 2.34. The van der Waals surface area contributed by atoms with Crippen LogP contribution in [0.1, 0.15) is 61.3 Å². The van der Waals surface area contributed by atoms with Crippen LogP contribution < -0.4 is 5.73 Å². The largest absolute Gasteiger partial charge is 0.366 e. The van der Waals surface area contributed by atoms with E-state index in [4.69, 9.17) is 5.73 Å². The van der Waals surface area contributed by atoms with Gasteiger partial charge in [-0.05, 0) is 41.6 Å². The van der Waals surface area contributed by atoms with Gasteiger partial charge >= 0.3 is 0 Å². The van der Waals surface area contributed by atoms with E-state index in [2.05, 4.69) is 41.3 Å². The van der Waals surface area contributed by atoms with Gasteiger partial charge in [0.25, 0.3) is 5.91 Å². The van der Waals surface area contributed by atoms with E-state index in [1.807, 2.05) is 6.92 Å². The lowest BCUT2D eigenvalue weighted by molar-refractivity contribution is 0.0999. The molecule has 0 aliphatic rings. The molecule has 96 valence electrons. The van der Waals surface area contributed by atoms with Crippen molar-refractivity contribution in [2.75, 3.05) is 0 Å². The van der Waals surface area contributed by atoms with Crippen LogP contribution in [0, 0.1) is 6.92 Å². The highest BCUT2D eigenvalue weighted by atomic mass is 79.9. The summed E-state index contributed by atoms with van der Waals surface area (Å²) in [5.74, 6) is 0.0662. The summed E-state index contributed by atoms with van der Waals surface area (Å²) in [5.41, 5.74) is 8.25. The molecule has 1 aromatic heterocycles. The van der Waals surface area contributed by atoms with E-state index in [0.29, 0.717) is 11.5 Å². The van der Waals surface area contributed by atoms with Crippen molar-refractivity contribution in [2.45, 2.75) is 53.0 Å².